The van der Waals surface area contributed by atoms with Crippen LogP contribution in [0.4, 0.5) is 0 Å². The normalized spacial score (nSPS) is 18.4. The van der Waals surface area contributed by atoms with E-state index in [-0.39, 0.29) is 6.10 Å². The highest BCUT2D eigenvalue weighted by atomic mass is 16.3. The van der Waals surface area contributed by atoms with E-state index in [1.54, 1.807) is 0 Å². The molecule has 0 bridgehead atoms. The van der Waals surface area contributed by atoms with E-state index in [9.17, 15) is 5.11 Å². The fourth-order valence-electron chi connectivity index (χ4n) is 1.61. The Labute approximate surface area is 86.5 Å². The lowest BCUT2D eigenvalue weighted by molar-refractivity contribution is 0.149. The lowest BCUT2D eigenvalue weighted by Gasteiger charge is -2.10. The Morgan fingerprint density at radius 1 is 1.14 bits per heavy atom. The summed E-state index contributed by atoms with van der Waals surface area (Å²) in [5, 5.41) is 21.4. The maximum atomic E-state index is 9.53. The Hall–Kier alpha value is -0.120. The Bertz CT molecular complexity index is 137. The van der Waals surface area contributed by atoms with Crippen molar-refractivity contribution < 1.29 is 10.2 Å². The summed E-state index contributed by atoms with van der Waals surface area (Å²) in [7, 11) is 0. The minimum atomic E-state index is -0.118. The molecule has 0 radical (unpaired) electrons. The average molecular weight is 201 g/mol. The summed E-state index contributed by atoms with van der Waals surface area (Å²) in [5.74, 6) is 0.580. The summed E-state index contributed by atoms with van der Waals surface area (Å²) < 4.78 is 0. The quantitative estimate of drug-likeness (QED) is 0.486. The molecule has 84 valence electrons. The van der Waals surface area contributed by atoms with E-state index in [1.807, 2.05) is 0 Å². The fraction of sp³-hybridized carbons (Fsp3) is 1.00. The highest BCUT2D eigenvalue weighted by Crippen LogP contribution is 2.32. The van der Waals surface area contributed by atoms with Gasteiger partial charge in [-0.15, -0.1) is 0 Å². The molecule has 0 heterocycles. The molecule has 0 aromatic rings. The average Bonchev–Trinajstić information content (AvgIpc) is 2.99. The van der Waals surface area contributed by atoms with Crippen molar-refractivity contribution in [1.29, 1.82) is 0 Å². The van der Waals surface area contributed by atoms with Crippen molar-refractivity contribution in [3.05, 3.63) is 0 Å². The van der Waals surface area contributed by atoms with Crippen LogP contribution < -0.4 is 5.32 Å². The Morgan fingerprint density at radius 2 is 1.86 bits per heavy atom. The molecule has 1 atom stereocenters. The van der Waals surface area contributed by atoms with Gasteiger partial charge in [-0.2, -0.15) is 0 Å². The van der Waals surface area contributed by atoms with Crippen molar-refractivity contribution in [2.75, 3.05) is 19.7 Å². The molecule has 1 saturated carbocycles. The van der Waals surface area contributed by atoms with Crippen LogP contribution in [-0.2, 0) is 0 Å². The third kappa shape index (κ3) is 5.58. The Balaban J connectivity index is 1.75. The van der Waals surface area contributed by atoms with Crippen LogP contribution in [0.5, 0.6) is 0 Å². The minimum Gasteiger partial charge on any atom is -0.396 e. The van der Waals surface area contributed by atoms with Crippen LogP contribution in [0, 0.1) is 5.92 Å². The van der Waals surface area contributed by atoms with Gasteiger partial charge in [-0.25, -0.2) is 0 Å². The monoisotopic (exact) mass is 201 g/mol. The van der Waals surface area contributed by atoms with Gasteiger partial charge in [0.05, 0.1) is 6.10 Å². The van der Waals surface area contributed by atoms with Crippen molar-refractivity contribution in [2.45, 2.75) is 44.6 Å². The smallest absolute Gasteiger partial charge is 0.0692 e. The lowest BCUT2D eigenvalue weighted by atomic mass is 10.2. The van der Waals surface area contributed by atoms with Crippen LogP contribution in [-0.4, -0.2) is 36.0 Å². The standard InChI is InChI=1S/C11H23NO2/c13-8-4-2-1-3-7-12-9-11(14)10-5-6-10/h10-14H,1-9H2. The van der Waals surface area contributed by atoms with E-state index >= 15 is 0 Å². The van der Waals surface area contributed by atoms with Crippen LogP contribution in [0.15, 0.2) is 0 Å². The molecule has 3 heteroatoms. The van der Waals surface area contributed by atoms with Gasteiger partial charge in [-0.05, 0) is 38.1 Å². The van der Waals surface area contributed by atoms with Gasteiger partial charge in [0.25, 0.3) is 0 Å². The topological polar surface area (TPSA) is 52.5 Å². The van der Waals surface area contributed by atoms with Gasteiger partial charge in [0.2, 0.25) is 0 Å². The Morgan fingerprint density at radius 3 is 2.50 bits per heavy atom. The van der Waals surface area contributed by atoms with Gasteiger partial charge in [0.15, 0.2) is 0 Å². The van der Waals surface area contributed by atoms with E-state index in [0.29, 0.717) is 12.5 Å². The first-order chi connectivity index (χ1) is 6.84. The van der Waals surface area contributed by atoms with Gasteiger partial charge in [-0.1, -0.05) is 12.8 Å². The fourth-order valence-corrected chi connectivity index (χ4v) is 1.61. The van der Waals surface area contributed by atoms with E-state index in [0.717, 1.165) is 32.4 Å². The number of aliphatic hydroxyl groups excluding tert-OH is 2. The molecule has 3 nitrogen and oxygen atoms in total. The molecule has 1 unspecified atom stereocenters. The number of aliphatic hydroxyl groups is 2. The van der Waals surface area contributed by atoms with Crippen LogP contribution in [0.25, 0.3) is 0 Å². The second-order valence-electron chi connectivity index (χ2n) is 4.25. The molecule has 0 aromatic heterocycles. The van der Waals surface area contributed by atoms with Crippen molar-refractivity contribution in [3.8, 4) is 0 Å². The molecular weight excluding hydrogens is 178 g/mol. The zero-order valence-electron chi connectivity index (χ0n) is 8.91. The number of hydrogen-bond donors (Lipinski definition) is 3. The number of unbranched alkanes of at least 4 members (excludes halogenated alkanes) is 3. The second-order valence-corrected chi connectivity index (χ2v) is 4.25. The first-order valence-corrected chi connectivity index (χ1v) is 5.84. The van der Waals surface area contributed by atoms with E-state index in [2.05, 4.69) is 5.32 Å². The summed E-state index contributed by atoms with van der Waals surface area (Å²) >= 11 is 0. The van der Waals surface area contributed by atoms with E-state index in [1.165, 1.54) is 19.3 Å². The molecule has 0 amide bonds. The van der Waals surface area contributed by atoms with Gasteiger partial charge >= 0.3 is 0 Å². The summed E-state index contributed by atoms with van der Waals surface area (Å²) in [6.45, 7) is 2.06. The molecule has 0 aromatic carbocycles. The SMILES string of the molecule is OCCCCCCNCC(O)C1CC1. The third-order valence-corrected chi connectivity index (χ3v) is 2.78. The molecule has 0 aliphatic heterocycles. The summed E-state index contributed by atoms with van der Waals surface area (Å²) in [4.78, 5) is 0. The van der Waals surface area contributed by atoms with Crippen LogP contribution >= 0.6 is 0 Å². The predicted molar refractivity (Wildman–Crippen MR) is 57.2 cm³/mol. The van der Waals surface area contributed by atoms with Crippen LogP contribution in [0.1, 0.15) is 38.5 Å². The van der Waals surface area contributed by atoms with Gasteiger partial charge in [-0.3, -0.25) is 0 Å². The van der Waals surface area contributed by atoms with Crippen molar-refractivity contribution >= 4 is 0 Å². The number of nitrogens with one attached hydrogen (secondary N) is 1. The highest BCUT2D eigenvalue weighted by Gasteiger charge is 2.28. The van der Waals surface area contributed by atoms with Crippen molar-refractivity contribution in [1.82, 2.24) is 5.32 Å². The third-order valence-electron chi connectivity index (χ3n) is 2.78. The molecule has 0 spiro atoms. The molecule has 3 N–H and O–H groups in total. The number of hydrogen-bond acceptors (Lipinski definition) is 3. The van der Waals surface area contributed by atoms with Gasteiger partial charge in [0, 0.05) is 13.2 Å². The molecule has 1 aliphatic carbocycles. The molecule has 1 fully saturated rings. The van der Waals surface area contributed by atoms with Gasteiger partial charge in [0.1, 0.15) is 0 Å². The zero-order valence-corrected chi connectivity index (χ0v) is 8.91. The molecule has 1 rings (SSSR count). The second kappa shape index (κ2) is 7.21. The van der Waals surface area contributed by atoms with Crippen molar-refractivity contribution in [2.24, 2.45) is 5.92 Å². The molecule has 0 saturated heterocycles. The molecule has 14 heavy (non-hydrogen) atoms. The maximum absolute atomic E-state index is 9.53. The van der Waals surface area contributed by atoms with E-state index in [4.69, 9.17) is 5.11 Å². The minimum absolute atomic E-state index is 0.118. The predicted octanol–water partition coefficient (Wildman–Crippen LogP) is 0.900. The van der Waals surface area contributed by atoms with Crippen LogP contribution in [0.3, 0.4) is 0 Å². The number of rotatable bonds is 9. The summed E-state index contributed by atoms with van der Waals surface area (Å²) in [5.41, 5.74) is 0. The van der Waals surface area contributed by atoms with Gasteiger partial charge < -0.3 is 15.5 Å². The molecular formula is C11H23NO2. The highest BCUT2D eigenvalue weighted by molar-refractivity contribution is 4.81. The van der Waals surface area contributed by atoms with E-state index < -0.39 is 0 Å². The van der Waals surface area contributed by atoms with Crippen LogP contribution in [0.2, 0.25) is 0 Å². The summed E-state index contributed by atoms with van der Waals surface area (Å²) in [6, 6.07) is 0. The maximum Gasteiger partial charge on any atom is 0.0692 e. The first kappa shape index (κ1) is 12.0. The largest absolute Gasteiger partial charge is 0.396 e. The van der Waals surface area contributed by atoms with Crippen molar-refractivity contribution in [3.63, 3.8) is 0 Å². The first-order valence-electron chi connectivity index (χ1n) is 5.84. The zero-order chi connectivity index (χ0) is 10.2. The Kier molecular flexibility index (Phi) is 6.15. The molecule has 1 aliphatic rings. The lowest BCUT2D eigenvalue weighted by Crippen LogP contribution is -2.28. The summed E-state index contributed by atoms with van der Waals surface area (Å²) in [6.07, 6.45) is 6.66.